The summed E-state index contributed by atoms with van der Waals surface area (Å²) in [6.07, 6.45) is 0. The lowest BCUT2D eigenvalue weighted by atomic mass is 9.96. The third-order valence-corrected chi connectivity index (χ3v) is 10.9. The maximum absolute atomic E-state index is 2.43. The Morgan fingerprint density at radius 1 is 0.333 bits per heavy atom. The van der Waals surface area contributed by atoms with Crippen LogP contribution in [0.4, 0.5) is 17.1 Å². The zero-order chi connectivity index (χ0) is 31.6. The normalized spacial score (nSPS) is 11.8. The van der Waals surface area contributed by atoms with E-state index in [1.54, 1.807) is 0 Å². The quantitative estimate of drug-likeness (QED) is 0.176. The second-order valence-electron chi connectivity index (χ2n) is 12.5. The van der Waals surface area contributed by atoms with Gasteiger partial charge in [-0.15, -0.1) is 11.3 Å². The highest BCUT2D eigenvalue weighted by Crippen LogP contribution is 2.44. The number of hydrogen-bond acceptors (Lipinski definition) is 2. The average Bonchev–Trinajstić information content (AvgIpc) is 3.52. The molecule has 0 bridgehead atoms. The lowest BCUT2D eigenvalue weighted by Crippen LogP contribution is -2.10. The largest absolute Gasteiger partial charge is 0.310 e. The molecule has 0 radical (unpaired) electrons. The fraction of sp³-hybridized carbons (Fsp3) is 0. The van der Waals surface area contributed by atoms with Crippen LogP contribution < -0.4 is 4.90 Å². The summed E-state index contributed by atoms with van der Waals surface area (Å²) in [6.45, 7) is 0. The minimum Gasteiger partial charge on any atom is -0.310 e. The van der Waals surface area contributed by atoms with Gasteiger partial charge in [0.1, 0.15) is 0 Å². The van der Waals surface area contributed by atoms with Gasteiger partial charge in [0, 0.05) is 36.9 Å². The number of anilines is 3. The maximum Gasteiger partial charge on any atom is 0.0540 e. The van der Waals surface area contributed by atoms with Gasteiger partial charge in [0.25, 0.3) is 0 Å². The van der Waals surface area contributed by atoms with Crippen LogP contribution in [-0.4, -0.2) is 0 Å². The maximum atomic E-state index is 2.43. The highest BCUT2D eigenvalue weighted by Gasteiger charge is 2.18. The third kappa shape index (κ3) is 4.31. The van der Waals surface area contributed by atoms with Crippen LogP contribution in [0.3, 0.4) is 0 Å². The predicted octanol–water partition coefficient (Wildman–Crippen LogP) is 13.8. The molecular weight excluding hydrogens is 599 g/mol. The minimum atomic E-state index is 1.13. The van der Waals surface area contributed by atoms with E-state index < -0.39 is 0 Å². The van der Waals surface area contributed by atoms with Crippen molar-refractivity contribution in [2.24, 2.45) is 0 Å². The van der Waals surface area contributed by atoms with Crippen LogP contribution in [0.25, 0.3) is 74.4 Å². The van der Waals surface area contributed by atoms with E-state index in [9.17, 15) is 0 Å². The van der Waals surface area contributed by atoms with Gasteiger partial charge in [-0.1, -0.05) is 127 Å². The van der Waals surface area contributed by atoms with Gasteiger partial charge in [0.2, 0.25) is 0 Å². The molecule has 10 aromatic rings. The summed E-state index contributed by atoms with van der Waals surface area (Å²) in [5.41, 5.74) is 5.86. The molecule has 1 heterocycles. The van der Waals surface area contributed by atoms with Crippen molar-refractivity contribution in [3.8, 4) is 11.1 Å². The van der Waals surface area contributed by atoms with Crippen LogP contribution >= 0.6 is 11.3 Å². The molecule has 0 aliphatic rings. The first kappa shape index (κ1) is 27.2. The second-order valence-corrected chi connectivity index (χ2v) is 13.6. The van der Waals surface area contributed by atoms with Crippen LogP contribution in [0.15, 0.2) is 176 Å². The van der Waals surface area contributed by atoms with Crippen molar-refractivity contribution in [2.45, 2.75) is 0 Å². The predicted molar refractivity (Wildman–Crippen MR) is 209 cm³/mol. The average molecular weight is 628 g/mol. The lowest BCUT2D eigenvalue weighted by molar-refractivity contribution is 1.30. The first-order valence-electron chi connectivity index (χ1n) is 16.4. The molecule has 10 rings (SSSR count). The molecule has 0 aliphatic carbocycles. The van der Waals surface area contributed by atoms with Gasteiger partial charge in [-0.25, -0.2) is 0 Å². The van der Waals surface area contributed by atoms with Crippen molar-refractivity contribution >= 4 is 91.7 Å². The van der Waals surface area contributed by atoms with E-state index in [2.05, 4.69) is 181 Å². The molecule has 0 saturated heterocycles. The Morgan fingerprint density at radius 3 is 1.85 bits per heavy atom. The molecule has 0 aliphatic heterocycles. The van der Waals surface area contributed by atoms with Crippen molar-refractivity contribution in [3.63, 3.8) is 0 Å². The van der Waals surface area contributed by atoms with E-state index in [1.807, 2.05) is 11.3 Å². The van der Waals surface area contributed by atoms with E-state index in [-0.39, 0.29) is 0 Å². The first-order valence-corrected chi connectivity index (χ1v) is 17.2. The monoisotopic (exact) mass is 627 g/mol. The molecule has 0 spiro atoms. The van der Waals surface area contributed by atoms with Crippen LogP contribution in [0.1, 0.15) is 0 Å². The van der Waals surface area contributed by atoms with Gasteiger partial charge in [-0.2, -0.15) is 0 Å². The lowest BCUT2D eigenvalue weighted by Gasteiger charge is -2.27. The fourth-order valence-corrected chi connectivity index (χ4v) is 8.63. The van der Waals surface area contributed by atoms with Crippen molar-refractivity contribution < 1.29 is 0 Å². The Kier molecular flexibility index (Phi) is 6.12. The summed E-state index contributed by atoms with van der Waals surface area (Å²) < 4.78 is 2.65. The fourth-order valence-electron chi connectivity index (χ4n) is 7.50. The van der Waals surface area contributed by atoms with Crippen molar-refractivity contribution in [3.05, 3.63) is 176 Å². The van der Waals surface area contributed by atoms with Gasteiger partial charge in [0.05, 0.1) is 5.69 Å². The van der Waals surface area contributed by atoms with Gasteiger partial charge in [-0.05, 0) is 97.4 Å². The zero-order valence-electron chi connectivity index (χ0n) is 26.1. The van der Waals surface area contributed by atoms with E-state index in [4.69, 9.17) is 0 Å². The summed E-state index contributed by atoms with van der Waals surface area (Å²) in [4.78, 5) is 2.43. The summed E-state index contributed by atoms with van der Waals surface area (Å²) in [5, 5.41) is 12.8. The Morgan fingerprint density at radius 2 is 0.979 bits per heavy atom. The van der Waals surface area contributed by atoms with Crippen LogP contribution in [0.2, 0.25) is 0 Å². The number of hydrogen-bond donors (Lipinski definition) is 0. The molecule has 1 aromatic heterocycles. The molecule has 2 heteroatoms. The molecule has 9 aromatic carbocycles. The Balaban J connectivity index is 1.22. The Bertz CT molecular complexity index is 2830. The topological polar surface area (TPSA) is 3.24 Å². The molecule has 0 N–H and O–H groups in total. The standard InChI is InChI=1S/C46H29NS/c1-2-9-30(10-3-1)31-21-23-36(24-22-31)47(43-15-8-12-34-28-45-42(29-41(34)43)40-14-6-7-16-44(40)48-45)37-25-26-39-35(27-37)20-19-33-18-17-32-11-4-5-13-38(32)46(33)39/h1-29H. The Labute approximate surface area is 282 Å². The van der Waals surface area contributed by atoms with E-state index >= 15 is 0 Å². The highest BCUT2D eigenvalue weighted by molar-refractivity contribution is 7.25. The number of thiophene rings is 1. The minimum absolute atomic E-state index is 1.13. The molecule has 0 amide bonds. The van der Waals surface area contributed by atoms with Crippen molar-refractivity contribution in [1.82, 2.24) is 0 Å². The number of nitrogens with zero attached hydrogens (tertiary/aromatic N) is 1. The number of fused-ring (bicyclic) bond motifs is 9. The smallest absolute Gasteiger partial charge is 0.0540 e. The molecule has 48 heavy (non-hydrogen) atoms. The van der Waals surface area contributed by atoms with Gasteiger partial charge in [0.15, 0.2) is 0 Å². The van der Waals surface area contributed by atoms with Gasteiger partial charge < -0.3 is 4.90 Å². The molecule has 224 valence electrons. The van der Waals surface area contributed by atoms with E-state index in [0.29, 0.717) is 0 Å². The van der Waals surface area contributed by atoms with E-state index in [0.717, 1.165) is 11.4 Å². The number of benzene rings is 9. The number of rotatable bonds is 4. The van der Waals surface area contributed by atoms with Crippen LogP contribution in [0.5, 0.6) is 0 Å². The van der Waals surface area contributed by atoms with E-state index in [1.165, 1.54) is 80.1 Å². The zero-order valence-corrected chi connectivity index (χ0v) is 26.9. The molecular formula is C46H29NS. The SMILES string of the molecule is c1ccc(-c2ccc(N(c3ccc4c(ccc5ccc6ccccc6c54)c3)c3cccc4cc5sc6ccccc6c5cc34)cc2)cc1. The molecule has 0 fully saturated rings. The van der Waals surface area contributed by atoms with Crippen molar-refractivity contribution in [1.29, 1.82) is 0 Å². The molecule has 0 atom stereocenters. The molecule has 1 nitrogen and oxygen atoms in total. The molecule has 0 saturated carbocycles. The highest BCUT2D eigenvalue weighted by atomic mass is 32.1. The second kappa shape index (κ2) is 10.8. The van der Waals surface area contributed by atoms with Gasteiger partial charge in [-0.3, -0.25) is 0 Å². The summed E-state index contributed by atoms with van der Waals surface area (Å²) >= 11 is 1.87. The summed E-state index contributed by atoms with van der Waals surface area (Å²) in [6, 6.07) is 64.6. The van der Waals surface area contributed by atoms with Crippen LogP contribution in [-0.2, 0) is 0 Å². The van der Waals surface area contributed by atoms with Crippen molar-refractivity contribution in [2.75, 3.05) is 4.90 Å². The van der Waals surface area contributed by atoms with Gasteiger partial charge >= 0.3 is 0 Å². The third-order valence-electron chi connectivity index (χ3n) is 9.79. The summed E-state index contributed by atoms with van der Waals surface area (Å²) in [7, 11) is 0. The molecule has 0 unspecified atom stereocenters. The summed E-state index contributed by atoms with van der Waals surface area (Å²) in [5.74, 6) is 0. The Hall–Kier alpha value is -5.96. The van der Waals surface area contributed by atoms with Crippen LogP contribution in [0, 0.1) is 0 Å². The first-order chi connectivity index (χ1) is 23.8.